The summed E-state index contributed by atoms with van der Waals surface area (Å²) in [6, 6.07) is 12.4. The van der Waals surface area contributed by atoms with Gasteiger partial charge in [-0.2, -0.15) is 13.7 Å². The maximum atomic E-state index is 13.7. The van der Waals surface area contributed by atoms with Crippen molar-refractivity contribution in [2.24, 2.45) is 0 Å². The third kappa shape index (κ3) is 4.07. The van der Waals surface area contributed by atoms with Crippen LogP contribution in [-0.4, -0.2) is 23.0 Å². The second kappa shape index (κ2) is 8.77. The summed E-state index contributed by atoms with van der Waals surface area (Å²) in [5.41, 5.74) is 4.41. The molecule has 3 aromatic heterocycles. The van der Waals surface area contributed by atoms with Crippen LogP contribution >= 0.6 is 0 Å². The Morgan fingerprint density at radius 1 is 1.17 bits per heavy atom. The second-order valence-electron chi connectivity index (χ2n) is 8.63. The van der Waals surface area contributed by atoms with Crippen LogP contribution in [0.2, 0.25) is 0 Å². The molecule has 0 amide bonds. The van der Waals surface area contributed by atoms with Crippen molar-refractivity contribution >= 4 is 43.3 Å². The van der Waals surface area contributed by atoms with Crippen LogP contribution < -0.4 is 9.61 Å². The lowest BCUT2D eigenvalue weighted by molar-refractivity contribution is 0.439. The summed E-state index contributed by atoms with van der Waals surface area (Å²) in [6.07, 6.45) is 4.44. The lowest BCUT2D eigenvalue weighted by atomic mass is 9.98. The van der Waals surface area contributed by atoms with Gasteiger partial charge in [0.05, 0.1) is 28.7 Å². The molecular formula is C26H21FN4O4S. The highest BCUT2D eigenvalue weighted by atomic mass is 32.3. The first kappa shape index (κ1) is 23.5. The molecule has 182 valence electrons. The van der Waals surface area contributed by atoms with Crippen molar-refractivity contribution in [3.8, 4) is 22.9 Å². The van der Waals surface area contributed by atoms with Crippen LogP contribution in [0.25, 0.3) is 44.0 Å². The summed E-state index contributed by atoms with van der Waals surface area (Å²) in [6.45, 7) is 4.56. The second-order valence-corrected chi connectivity index (χ2v) is 9.58. The van der Waals surface area contributed by atoms with Crippen LogP contribution in [0.4, 0.5) is 3.89 Å². The summed E-state index contributed by atoms with van der Waals surface area (Å²) in [5.74, 6) is -0.253. The quantitative estimate of drug-likeness (QED) is 0.315. The number of unbranched alkanes of at least 4 members (excludes halogenated alkanes) is 1. The molecule has 0 spiro atoms. The summed E-state index contributed by atoms with van der Waals surface area (Å²) < 4.78 is 41.3. The Bertz CT molecular complexity index is 1880. The van der Waals surface area contributed by atoms with Gasteiger partial charge in [-0.1, -0.05) is 23.3 Å². The van der Waals surface area contributed by atoms with E-state index >= 15 is 0 Å². The van der Waals surface area contributed by atoms with Gasteiger partial charge in [0.1, 0.15) is 5.65 Å². The normalized spacial score (nSPS) is 11.8. The lowest BCUT2D eigenvalue weighted by Gasteiger charge is -2.16. The monoisotopic (exact) mass is 504 g/mol. The van der Waals surface area contributed by atoms with Crippen LogP contribution in [0, 0.1) is 18.3 Å². The van der Waals surface area contributed by atoms with Gasteiger partial charge in [-0.15, -0.1) is 0 Å². The maximum absolute atomic E-state index is 13.7. The molecule has 5 rings (SSSR count). The van der Waals surface area contributed by atoms with Gasteiger partial charge in [0.25, 0.3) is 0 Å². The van der Waals surface area contributed by atoms with E-state index in [1.54, 1.807) is 24.3 Å². The summed E-state index contributed by atoms with van der Waals surface area (Å²) in [5, 5.41) is 11.2. The molecule has 0 bridgehead atoms. The SMILES string of the molecule is CCCCn1c2cc(-c3cncc(OS(=O)(=O)F)c3)c(C)cc2c(=O)c2c3ccc(C#N)cc3[nH]c21. The van der Waals surface area contributed by atoms with Crippen molar-refractivity contribution in [1.82, 2.24) is 14.5 Å². The minimum atomic E-state index is -5.20. The molecule has 0 unspecified atom stereocenters. The van der Waals surface area contributed by atoms with E-state index in [0.717, 1.165) is 30.0 Å². The molecule has 0 saturated heterocycles. The first-order valence-corrected chi connectivity index (χ1v) is 12.6. The first-order valence-electron chi connectivity index (χ1n) is 11.3. The van der Waals surface area contributed by atoms with Crippen molar-refractivity contribution in [3.63, 3.8) is 0 Å². The molecule has 0 atom stereocenters. The zero-order valence-corrected chi connectivity index (χ0v) is 20.3. The fourth-order valence-electron chi connectivity index (χ4n) is 4.63. The van der Waals surface area contributed by atoms with Gasteiger partial charge >= 0.3 is 10.5 Å². The number of benzene rings is 2. The number of aromatic nitrogens is 3. The molecule has 0 saturated carbocycles. The van der Waals surface area contributed by atoms with Crippen molar-refractivity contribution in [3.05, 3.63) is 70.1 Å². The number of fused-ring (bicyclic) bond motifs is 4. The standard InChI is InChI=1S/C26H21FN4O4S/c1-3-4-7-31-23-11-20(17-10-18(14-29-13-17)35-36(27,33)34)15(2)8-21(23)25(32)24-19-6-5-16(12-28)9-22(19)30-26(24)31/h5-6,8-11,13-14,30H,3-4,7H2,1-2H3. The number of H-pyrrole nitrogens is 1. The van der Waals surface area contributed by atoms with E-state index in [9.17, 15) is 22.4 Å². The largest absolute Gasteiger partial charge is 0.488 e. The Kier molecular flexibility index (Phi) is 5.73. The van der Waals surface area contributed by atoms with E-state index in [4.69, 9.17) is 0 Å². The van der Waals surface area contributed by atoms with E-state index < -0.39 is 10.5 Å². The Balaban J connectivity index is 1.82. The van der Waals surface area contributed by atoms with E-state index in [0.29, 0.717) is 50.7 Å². The average Bonchev–Trinajstić information content (AvgIpc) is 3.22. The fourth-order valence-corrected chi connectivity index (χ4v) is 4.95. The predicted molar refractivity (Wildman–Crippen MR) is 136 cm³/mol. The first-order chi connectivity index (χ1) is 17.2. The number of hydrogen-bond acceptors (Lipinski definition) is 6. The minimum Gasteiger partial charge on any atom is -0.357 e. The smallest absolute Gasteiger partial charge is 0.357 e. The van der Waals surface area contributed by atoms with Gasteiger partial charge in [-0.3, -0.25) is 9.78 Å². The Morgan fingerprint density at radius 2 is 1.97 bits per heavy atom. The topological polar surface area (TPSA) is 118 Å². The number of hydrogen-bond donors (Lipinski definition) is 1. The highest BCUT2D eigenvalue weighted by Gasteiger charge is 2.19. The van der Waals surface area contributed by atoms with Crippen LogP contribution in [0.1, 0.15) is 30.9 Å². The number of pyridine rings is 2. The Morgan fingerprint density at radius 3 is 2.69 bits per heavy atom. The van der Waals surface area contributed by atoms with Gasteiger partial charge in [0.15, 0.2) is 11.2 Å². The number of aromatic amines is 1. The maximum Gasteiger partial charge on any atom is 0.488 e. The molecule has 0 aliphatic rings. The molecule has 5 aromatic rings. The third-order valence-electron chi connectivity index (χ3n) is 6.24. The van der Waals surface area contributed by atoms with Crippen LogP contribution in [-0.2, 0) is 17.0 Å². The number of halogens is 1. The van der Waals surface area contributed by atoms with Gasteiger partial charge < -0.3 is 13.7 Å². The molecule has 8 nitrogen and oxygen atoms in total. The molecule has 0 aliphatic heterocycles. The molecule has 0 fully saturated rings. The number of nitriles is 1. The van der Waals surface area contributed by atoms with Crippen molar-refractivity contribution in [2.75, 3.05) is 0 Å². The van der Waals surface area contributed by atoms with Gasteiger partial charge in [0, 0.05) is 34.6 Å². The zero-order chi connectivity index (χ0) is 25.6. The van der Waals surface area contributed by atoms with Gasteiger partial charge in [-0.05, 0) is 54.8 Å². The van der Waals surface area contributed by atoms with Gasteiger partial charge in [-0.25, -0.2) is 0 Å². The van der Waals surface area contributed by atoms with E-state index in [2.05, 4.69) is 31.7 Å². The highest BCUT2D eigenvalue weighted by molar-refractivity contribution is 7.81. The summed E-state index contributed by atoms with van der Waals surface area (Å²) in [7, 11) is -5.20. The summed E-state index contributed by atoms with van der Waals surface area (Å²) >= 11 is 0. The molecule has 2 aromatic carbocycles. The van der Waals surface area contributed by atoms with Crippen LogP contribution in [0.3, 0.4) is 0 Å². The average molecular weight is 505 g/mol. The van der Waals surface area contributed by atoms with Crippen molar-refractivity contribution < 1.29 is 16.5 Å². The van der Waals surface area contributed by atoms with Gasteiger partial charge in [0.2, 0.25) is 0 Å². The number of aryl methyl sites for hydroxylation is 2. The number of nitrogens with zero attached hydrogens (tertiary/aromatic N) is 3. The molecule has 1 N–H and O–H groups in total. The van der Waals surface area contributed by atoms with Crippen molar-refractivity contribution in [1.29, 1.82) is 5.26 Å². The zero-order valence-electron chi connectivity index (χ0n) is 19.5. The Hall–Kier alpha value is -4.23. The van der Waals surface area contributed by atoms with E-state index in [-0.39, 0.29) is 11.2 Å². The molecule has 3 heterocycles. The van der Waals surface area contributed by atoms with E-state index in [1.165, 1.54) is 12.3 Å². The predicted octanol–water partition coefficient (Wildman–Crippen LogP) is 5.27. The third-order valence-corrected chi connectivity index (χ3v) is 6.63. The highest BCUT2D eigenvalue weighted by Crippen LogP contribution is 2.33. The summed E-state index contributed by atoms with van der Waals surface area (Å²) in [4.78, 5) is 21.1. The molecule has 10 heteroatoms. The number of rotatable bonds is 6. The number of nitrogens with one attached hydrogen (secondary N) is 1. The molecule has 0 aliphatic carbocycles. The molecule has 0 radical (unpaired) electrons. The van der Waals surface area contributed by atoms with Crippen LogP contribution in [0.15, 0.2) is 53.6 Å². The minimum absolute atomic E-state index is 0.128. The van der Waals surface area contributed by atoms with E-state index in [1.807, 2.05) is 13.0 Å². The molecular weight excluding hydrogens is 483 g/mol. The van der Waals surface area contributed by atoms with Crippen molar-refractivity contribution in [2.45, 2.75) is 33.2 Å². The van der Waals surface area contributed by atoms with Crippen LogP contribution in [0.5, 0.6) is 5.75 Å². The lowest BCUT2D eigenvalue weighted by Crippen LogP contribution is -2.12. The fraction of sp³-hybridized carbons (Fsp3) is 0.192. The Labute approximate surface area is 206 Å². The molecule has 36 heavy (non-hydrogen) atoms.